The normalized spacial score (nSPS) is 7.86. The van der Waals surface area contributed by atoms with E-state index < -0.39 is 8.25 Å². The Kier molecular flexibility index (Phi) is 7.42. The molecule has 0 heterocycles. The van der Waals surface area contributed by atoms with E-state index in [0.29, 0.717) is 6.54 Å². The van der Waals surface area contributed by atoms with Crippen LogP contribution in [0.4, 0.5) is 0 Å². The molecule has 1 rings (SSSR count). The van der Waals surface area contributed by atoms with Crippen LogP contribution in [0, 0.1) is 0 Å². The van der Waals surface area contributed by atoms with Crippen LogP contribution in [0.15, 0.2) is 35.3 Å². The number of hydrogen-bond acceptors (Lipinski definition) is 3. The Morgan fingerprint density at radius 3 is 2.21 bits per heavy atom. The van der Waals surface area contributed by atoms with Crippen LogP contribution in [-0.4, -0.2) is 15.9 Å². The average Bonchev–Trinajstić information content (AvgIpc) is 2.15. The van der Waals surface area contributed by atoms with Gasteiger partial charge in [0.05, 0.1) is 6.54 Å². The summed E-state index contributed by atoms with van der Waals surface area (Å²) in [5.74, 6) is 0. The average molecular weight is 214 g/mol. The summed E-state index contributed by atoms with van der Waals surface area (Å²) < 4.78 is 8.70. The van der Waals surface area contributed by atoms with Gasteiger partial charge in [0, 0.05) is 4.57 Å². The molecule has 0 radical (unpaired) electrons. The van der Waals surface area contributed by atoms with E-state index in [-0.39, 0.29) is 0 Å². The third-order valence-corrected chi connectivity index (χ3v) is 1.17. The number of hydrogen-bond donors (Lipinski definition) is 2. The molecule has 0 amide bonds. The van der Waals surface area contributed by atoms with Crippen LogP contribution in [0.2, 0.25) is 0 Å². The standard InChI is InChI=1S/C8H7NO.HO3P/c10-7-9-6-8-4-2-1-3-5-8;1-4(2)3/h1-5H,6H2;(H-,1,2,3)/p+1. The van der Waals surface area contributed by atoms with Crippen molar-refractivity contribution >= 4 is 14.3 Å². The van der Waals surface area contributed by atoms with Crippen molar-refractivity contribution in [1.29, 1.82) is 0 Å². The largest absolute Gasteiger partial charge is 0.692 e. The summed E-state index contributed by atoms with van der Waals surface area (Å²) >= 11 is 0. The van der Waals surface area contributed by atoms with E-state index in [1.54, 1.807) is 0 Å². The smallest absolute Gasteiger partial charge is 0.211 e. The molecule has 0 fully saturated rings. The fraction of sp³-hybridized carbons (Fsp3) is 0.125. The first-order valence-corrected chi connectivity index (χ1v) is 4.76. The van der Waals surface area contributed by atoms with Crippen molar-refractivity contribution in [3.05, 3.63) is 35.9 Å². The summed E-state index contributed by atoms with van der Waals surface area (Å²) in [6.07, 6.45) is 1.49. The Hall–Kier alpha value is -1.38. The van der Waals surface area contributed by atoms with Gasteiger partial charge in [0.1, 0.15) is 0 Å². The summed E-state index contributed by atoms with van der Waals surface area (Å²) in [5, 5.41) is 0. The SMILES string of the molecule is O=C=NCc1ccccc1.O=[P+](O)O. The number of nitrogens with zero attached hydrogens (tertiary/aromatic N) is 1. The highest BCUT2D eigenvalue weighted by atomic mass is 31.1. The van der Waals surface area contributed by atoms with Gasteiger partial charge in [-0.25, -0.2) is 9.79 Å². The lowest BCUT2D eigenvalue weighted by molar-refractivity contribution is 0.405. The van der Waals surface area contributed by atoms with E-state index >= 15 is 0 Å². The van der Waals surface area contributed by atoms with E-state index in [2.05, 4.69) is 4.99 Å². The van der Waals surface area contributed by atoms with Crippen molar-refractivity contribution in [1.82, 2.24) is 0 Å². The zero-order valence-electron chi connectivity index (χ0n) is 7.20. The summed E-state index contributed by atoms with van der Waals surface area (Å²) in [6, 6.07) is 9.58. The molecule has 0 aromatic heterocycles. The number of carbonyl (C=O) groups excluding carboxylic acids is 1. The van der Waals surface area contributed by atoms with Crippen molar-refractivity contribution in [2.45, 2.75) is 6.54 Å². The van der Waals surface area contributed by atoms with E-state index in [1.165, 1.54) is 6.08 Å². The molecule has 0 spiro atoms. The number of isocyanates is 1. The third kappa shape index (κ3) is 8.71. The number of aliphatic imine (C=N–C) groups is 1. The van der Waals surface area contributed by atoms with Gasteiger partial charge in [-0.1, -0.05) is 30.3 Å². The second-order valence-corrected chi connectivity index (χ2v) is 2.65. The van der Waals surface area contributed by atoms with Crippen molar-refractivity contribution in [3.63, 3.8) is 0 Å². The molecule has 1 aromatic rings. The Labute approximate surface area is 81.7 Å². The molecule has 0 saturated carbocycles. The molecule has 0 aliphatic rings. The van der Waals surface area contributed by atoms with E-state index in [4.69, 9.17) is 14.4 Å². The molecule has 0 aliphatic carbocycles. The molecular weight excluding hydrogens is 205 g/mol. The topological polar surface area (TPSA) is 87.0 Å². The number of benzene rings is 1. The maximum absolute atomic E-state index is 9.69. The summed E-state index contributed by atoms with van der Waals surface area (Å²) in [6.45, 7) is 0.435. The molecule has 5 nitrogen and oxygen atoms in total. The Balaban J connectivity index is 0.000000364. The second kappa shape index (κ2) is 8.23. The highest BCUT2D eigenvalue weighted by Crippen LogP contribution is 1.99. The molecule has 1 aromatic carbocycles. The predicted octanol–water partition coefficient (Wildman–Crippen LogP) is 1.15. The minimum absolute atomic E-state index is 0.435. The quantitative estimate of drug-likeness (QED) is 0.439. The van der Waals surface area contributed by atoms with Crippen LogP contribution in [0.25, 0.3) is 0 Å². The zero-order valence-corrected chi connectivity index (χ0v) is 8.09. The van der Waals surface area contributed by atoms with Crippen molar-refractivity contribution in [3.8, 4) is 0 Å². The van der Waals surface area contributed by atoms with Gasteiger partial charge >= 0.3 is 8.25 Å². The van der Waals surface area contributed by atoms with Crippen LogP contribution >= 0.6 is 8.25 Å². The maximum atomic E-state index is 9.69. The van der Waals surface area contributed by atoms with Crippen LogP contribution in [0.3, 0.4) is 0 Å². The summed E-state index contributed by atoms with van der Waals surface area (Å²) in [4.78, 5) is 27.4. The van der Waals surface area contributed by atoms with Crippen molar-refractivity contribution in [2.24, 2.45) is 4.99 Å². The predicted molar refractivity (Wildman–Crippen MR) is 50.3 cm³/mol. The van der Waals surface area contributed by atoms with Gasteiger partial charge in [-0.2, -0.15) is 0 Å². The molecule has 0 bridgehead atoms. The van der Waals surface area contributed by atoms with E-state index in [0.717, 1.165) is 5.56 Å². The first-order valence-electron chi connectivity index (χ1n) is 3.59. The van der Waals surface area contributed by atoms with Crippen LogP contribution in [-0.2, 0) is 15.9 Å². The van der Waals surface area contributed by atoms with E-state index in [1.807, 2.05) is 30.3 Å². The van der Waals surface area contributed by atoms with Gasteiger partial charge in [-0.3, -0.25) is 0 Å². The molecular formula is C8H9NO4P+. The minimum atomic E-state index is -2.87. The number of rotatable bonds is 2. The lowest BCUT2D eigenvalue weighted by Gasteiger charge is -1.89. The lowest BCUT2D eigenvalue weighted by Crippen LogP contribution is -1.77. The van der Waals surface area contributed by atoms with Gasteiger partial charge < -0.3 is 0 Å². The molecule has 0 saturated heterocycles. The fourth-order valence-corrected chi connectivity index (χ4v) is 0.707. The first kappa shape index (κ1) is 12.6. The monoisotopic (exact) mass is 214 g/mol. The van der Waals surface area contributed by atoms with Gasteiger partial charge in [0.15, 0.2) is 0 Å². The van der Waals surface area contributed by atoms with Crippen LogP contribution in [0.5, 0.6) is 0 Å². The highest BCUT2D eigenvalue weighted by Gasteiger charge is 1.93. The van der Waals surface area contributed by atoms with E-state index in [9.17, 15) is 4.79 Å². The Morgan fingerprint density at radius 1 is 1.29 bits per heavy atom. The van der Waals surface area contributed by atoms with Crippen LogP contribution < -0.4 is 0 Å². The van der Waals surface area contributed by atoms with Crippen molar-refractivity contribution < 1.29 is 19.1 Å². The Bertz CT molecular complexity index is 317. The summed E-state index contributed by atoms with van der Waals surface area (Å²) in [7, 11) is -2.87. The first-order chi connectivity index (χ1) is 6.66. The van der Waals surface area contributed by atoms with Gasteiger partial charge in [0.2, 0.25) is 6.08 Å². The van der Waals surface area contributed by atoms with Crippen LogP contribution in [0.1, 0.15) is 5.56 Å². The highest BCUT2D eigenvalue weighted by molar-refractivity contribution is 7.30. The second-order valence-electron chi connectivity index (χ2n) is 2.15. The van der Waals surface area contributed by atoms with Gasteiger partial charge in [-0.15, -0.1) is 9.79 Å². The third-order valence-electron chi connectivity index (χ3n) is 1.17. The lowest BCUT2D eigenvalue weighted by atomic mass is 10.2. The molecule has 74 valence electrons. The maximum Gasteiger partial charge on any atom is 0.692 e. The van der Waals surface area contributed by atoms with Crippen molar-refractivity contribution in [2.75, 3.05) is 0 Å². The Morgan fingerprint density at radius 2 is 1.79 bits per heavy atom. The molecule has 14 heavy (non-hydrogen) atoms. The fourth-order valence-electron chi connectivity index (χ4n) is 0.707. The van der Waals surface area contributed by atoms with Gasteiger partial charge in [0.25, 0.3) is 0 Å². The molecule has 0 atom stereocenters. The molecule has 0 unspecified atom stereocenters. The molecule has 6 heteroatoms. The summed E-state index contributed by atoms with van der Waals surface area (Å²) in [5.41, 5.74) is 1.03. The molecule has 0 aliphatic heterocycles. The zero-order chi connectivity index (χ0) is 10.8. The minimum Gasteiger partial charge on any atom is -0.211 e. The van der Waals surface area contributed by atoms with Gasteiger partial charge in [-0.05, 0) is 5.56 Å². The molecule has 2 N–H and O–H groups in total.